The minimum absolute atomic E-state index is 0.176. The molecule has 2 heteroatoms. The summed E-state index contributed by atoms with van der Waals surface area (Å²) in [7, 11) is 0. The van der Waals surface area contributed by atoms with Crippen molar-refractivity contribution in [3.05, 3.63) is 12.2 Å². The molecule has 0 N–H and O–H groups in total. The fourth-order valence-corrected chi connectivity index (χ4v) is 1.77. The van der Waals surface area contributed by atoms with Gasteiger partial charge in [0.2, 0.25) is 0 Å². The summed E-state index contributed by atoms with van der Waals surface area (Å²) in [6, 6.07) is 0. The number of unbranched alkanes of at least 4 members (excludes halogenated alkanes) is 1. The molecular formula is C12H20O2. The molecule has 1 saturated carbocycles. The van der Waals surface area contributed by atoms with E-state index in [0.717, 1.165) is 12.8 Å². The topological polar surface area (TPSA) is 26.3 Å². The summed E-state index contributed by atoms with van der Waals surface area (Å²) in [5, 5.41) is 0. The lowest BCUT2D eigenvalue weighted by atomic mass is 10.1. The van der Waals surface area contributed by atoms with E-state index >= 15 is 0 Å². The van der Waals surface area contributed by atoms with E-state index in [1.165, 1.54) is 25.7 Å². The molecule has 0 heterocycles. The number of ether oxygens (including phenoxy) is 1. The van der Waals surface area contributed by atoms with Crippen LogP contribution in [0.25, 0.3) is 0 Å². The van der Waals surface area contributed by atoms with E-state index in [1.807, 2.05) is 6.08 Å². The van der Waals surface area contributed by atoms with Gasteiger partial charge in [0.25, 0.3) is 0 Å². The van der Waals surface area contributed by atoms with Gasteiger partial charge >= 0.3 is 5.97 Å². The number of carbonyl (C=O) groups is 1. The maximum atomic E-state index is 11.2. The molecule has 0 saturated heterocycles. The van der Waals surface area contributed by atoms with E-state index < -0.39 is 0 Å². The Morgan fingerprint density at radius 2 is 2.14 bits per heavy atom. The largest absolute Gasteiger partial charge is 0.462 e. The summed E-state index contributed by atoms with van der Waals surface area (Å²) in [5.41, 5.74) is 0. The first kappa shape index (κ1) is 11.3. The van der Waals surface area contributed by atoms with Crippen molar-refractivity contribution < 1.29 is 9.53 Å². The Balaban J connectivity index is 2.07. The number of hydrogen-bond acceptors (Lipinski definition) is 2. The molecule has 80 valence electrons. The zero-order chi connectivity index (χ0) is 10.2. The zero-order valence-corrected chi connectivity index (χ0v) is 9.00. The Morgan fingerprint density at radius 1 is 1.43 bits per heavy atom. The highest BCUT2D eigenvalue weighted by Crippen LogP contribution is 2.24. The molecule has 0 aromatic carbocycles. The molecule has 1 aliphatic carbocycles. The van der Waals surface area contributed by atoms with Gasteiger partial charge in [0, 0.05) is 6.08 Å². The van der Waals surface area contributed by atoms with Crippen molar-refractivity contribution in [2.75, 3.05) is 6.61 Å². The third kappa shape index (κ3) is 4.45. The number of hydrogen-bond donors (Lipinski definition) is 0. The second-order valence-corrected chi connectivity index (χ2v) is 3.97. The number of carbonyl (C=O) groups excluding carboxylic acids is 1. The monoisotopic (exact) mass is 196 g/mol. The van der Waals surface area contributed by atoms with E-state index in [0.29, 0.717) is 12.5 Å². The lowest BCUT2D eigenvalue weighted by molar-refractivity contribution is -0.139. The molecule has 0 unspecified atom stereocenters. The molecular weight excluding hydrogens is 176 g/mol. The van der Waals surface area contributed by atoms with Crippen LogP contribution in [0.1, 0.15) is 45.4 Å². The van der Waals surface area contributed by atoms with Crippen molar-refractivity contribution in [3.63, 3.8) is 0 Å². The molecule has 0 aliphatic heterocycles. The summed E-state index contributed by atoms with van der Waals surface area (Å²) in [6.07, 6.45) is 10.5. The van der Waals surface area contributed by atoms with Crippen molar-refractivity contribution >= 4 is 5.97 Å². The molecule has 0 atom stereocenters. The van der Waals surface area contributed by atoms with Gasteiger partial charge in [-0.2, -0.15) is 0 Å². The molecule has 1 aliphatic rings. The minimum atomic E-state index is -0.176. The predicted molar refractivity (Wildman–Crippen MR) is 57.0 cm³/mol. The average Bonchev–Trinajstić information content (AvgIpc) is 2.68. The van der Waals surface area contributed by atoms with E-state index in [4.69, 9.17) is 4.74 Å². The van der Waals surface area contributed by atoms with E-state index in [9.17, 15) is 4.79 Å². The number of allylic oxidation sites excluding steroid dienone is 1. The van der Waals surface area contributed by atoms with Gasteiger partial charge < -0.3 is 4.74 Å². The van der Waals surface area contributed by atoms with Crippen molar-refractivity contribution in [2.24, 2.45) is 5.92 Å². The first-order chi connectivity index (χ1) is 6.83. The third-order valence-corrected chi connectivity index (χ3v) is 2.65. The van der Waals surface area contributed by atoms with Crippen LogP contribution in [0.4, 0.5) is 0 Å². The maximum Gasteiger partial charge on any atom is 0.330 e. The van der Waals surface area contributed by atoms with Crippen LogP contribution in [0.5, 0.6) is 0 Å². The lowest BCUT2D eigenvalue weighted by Crippen LogP contribution is -2.09. The molecule has 1 fully saturated rings. The van der Waals surface area contributed by atoms with Crippen molar-refractivity contribution in [3.8, 4) is 0 Å². The van der Waals surface area contributed by atoms with Gasteiger partial charge in [0.15, 0.2) is 0 Å². The quantitative estimate of drug-likeness (QED) is 0.499. The van der Waals surface area contributed by atoms with Gasteiger partial charge in [-0.3, -0.25) is 0 Å². The standard InChI is InChI=1S/C12H20O2/c1-2-3-4-9-12(13)14-10-11-7-5-6-8-11/h4,9,11H,2-3,5-8,10H2,1H3/b9-4+. The van der Waals surface area contributed by atoms with E-state index in [2.05, 4.69) is 6.92 Å². The van der Waals surface area contributed by atoms with Crippen LogP contribution in [-0.4, -0.2) is 12.6 Å². The number of rotatable bonds is 5. The first-order valence-electron chi connectivity index (χ1n) is 5.66. The van der Waals surface area contributed by atoms with Crippen LogP contribution in [0.3, 0.4) is 0 Å². The summed E-state index contributed by atoms with van der Waals surface area (Å²) in [6.45, 7) is 2.71. The zero-order valence-electron chi connectivity index (χ0n) is 9.00. The SMILES string of the molecule is CCC/C=C/C(=O)OCC1CCCC1. The van der Waals surface area contributed by atoms with Crippen molar-refractivity contribution in [1.82, 2.24) is 0 Å². The summed E-state index contributed by atoms with van der Waals surface area (Å²) < 4.78 is 5.15. The van der Waals surface area contributed by atoms with Gasteiger partial charge in [-0.1, -0.05) is 32.3 Å². The second-order valence-electron chi connectivity index (χ2n) is 3.97. The highest BCUT2D eigenvalue weighted by atomic mass is 16.5. The lowest BCUT2D eigenvalue weighted by Gasteiger charge is -2.07. The molecule has 14 heavy (non-hydrogen) atoms. The minimum Gasteiger partial charge on any atom is -0.462 e. The number of esters is 1. The molecule has 0 amide bonds. The fraction of sp³-hybridized carbons (Fsp3) is 0.750. The van der Waals surface area contributed by atoms with Crippen LogP contribution < -0.4 is 0 Å². The average molecular weight is 196 g/mol. The van der Waals surface area contributed by atoms with Crippen LogP contribution in [0, 0.1) is 5.92 Å². The Kier molecular flexibility index (Phi) is 5.35. The Labute approximate surface area is 86.3 Å². The summed E-state index contributed by atoms with van der Waals surface area (Å²) in [4.78, 5) is 11.2. The molecule has 0 spiro atoms. The van der Waals surface area contributed by atoms with Gasteiger partial charge in [0.1, 0.15) is 0 Å². The Hall–Kier alpha value is -0.790. The van der Waals surface area contributed by atoms with Crippen LogP contribution in [0.2, 0.25) is 0 Å². The molecule has 0 aromatic rings. The van der Waals surface area contributed by atoms with Gasteiger partial charge in [-0.25, -0.2) is 4.79 Å². The first-order valence-corrected chi connectivity index (χ1v) is 5.66. The highest BCUT2D eigenvalue weighted by Gasteiger charge is 2.15. The summed E-state index contributed by atoms with van der Waals surface area (Å²) in [5.74, 6) is 0.448. The molecule has 1 rings (SSSR count). The van der Waals surface area contributed by atoms with Gasteiger partial charge in [-0.05, 0) is 25.2 Å². The highest BCUT2D eigenvalue weighted by molar-refractivity contribution is 5.81. The van der Waals surface area contributed by atoms with Crippen LogP contribution >= 0.6 is 0 Å². The molecule has 0 radical (unpaired) electrons. The molecule has 2 nitrogen and oxygen atoms in total. The van der Waals surface area contributed by atoms with Gasteiger partial charge in [0.05, 0.1) is 6.61 Å². The predicted octanol–water partition coefficient (Wildman–Crippen LogP) is 3.08. The third-order valence-electron chi connectivity index (χ3n) is 2.65. The van der Waals surface area contributed by atoms with Crippen molar-refractivity contribution in [2.45, 2.75) is 45.4 Å². The Morgan fingerprint density at radius 3 is 2.79 bits per heavy atom. The van der Waals surface area contributed by atoms with Crippen LogP contribution in [0.15, 0.2) is 12.2 Å². The van der Waals surface area contributed by atoms with E-state index in [1.54, 1.807) is 6.08 Å². The van der Waals surface area contributed by atoms with Crippen LogP contribution in [-0.2, 0) is 9.53 Å². The Bertz CT molecular complexity index is 190. The second kappa shape index (κ2) is 6.63. The normalized spacial score (nSPS) is 17.8. The smallest absolute Gasteiger partial charge is 0.330 e. The summed E-state index contributed by atoms with van der Waals surface area (Å²) >= 11 is 0. The van der Waals surface area contributed by atoms with Crippen molar-refractivity contribution in [1.29, 1.82) is 0 Å². The van der Waals surface area contributed by atoms with Gasteiger partial charge in [-0.15, -0.1) is 0 Å². The maximum absolute atomic E-state index is 11.2. The van der Waals surface area contributed by atoms with E-state index in [-0.39, 0.29) is 5.97 Å². The fourth-order valence-electron chi connectivity index (χ4n) is 1.77. The molecule has 0 aromatic heterocycles. The molecule has 0 bridgehead atoms.